The van der Waals surface area contributed by atoms with Crippen molar-refractivity contribution in [1.82, 2.24) is 5.32 Å². The summed E-state index contributed by atoms with van der Waals surface area (Å²) in [7, 11) is 1.26. The molecule has 8 nitrogen and oxygen atoms in total. The molecule has 3 fully saturated rings. The number of benzene rings is 2. The summed E-state index contributed by atoms with van der Waals surface area (Å²) in [5.74, 6) is -21.6. The maximum absolute atomic E-state index is 14.9. The number of allylic oxidation sites excluding steroid dienone is 2. The minimum Gasteiger partial charge on any atom is -0.504 e. The molecule has 220 valence electrons. The molecule has 0 unspecified atom stereocenters. The summed E-state index contributed by atoms with van der Waals surface area (Å²) in [6, 6.07) is 3.79. The van der Waals surface area contributed by atoms with Crippen LogP contribution in [0, 0.1) is 46.8 Å². The topological polar surface area (TPSA) is 113 Å². The van der Waals surface area contributed by atoms with Gasteiger partial charge in [0.1, 0.15) is 5.69 Å². The number of halogens is 7. The summed E-state index contributed by atoms with van der Waals surface area (Å²) in [5, 5.41) is 12.7. The number of nitrogens with one attached hydrogen (secondary N) is 1. The van der Waals surface area contributed by atoms with E-state index < -0.39 is 104 Å². The molecule has 2 aromatic rings. The molecule has 2 aliphatic carbocycles. The van der Waals surface area contributed by atoms with Gasteiger partial charge >= 0.3 is 0 Å². The summed E-state index contributed by atoms with van der Waals surface area (Å²) < 4.78 is 77.2. The number of ether oxygens (including phenoxy) is 1. The van der Waals surface area contributed by atoms with Crippen LogP contribution in [-0.2, 0) is 19.2 Å². The number of phenolic OH excluding ortho intramolecular Hbond substituents is 1. The molecule has 4 aliphatic rings. The van der Waals surface area contributed by atoms with Gasteiger partial charge in [-0.15, -0.1) is 23.2 Å². The predicted octanol–water partition coefficient (Wildman–Crippen LogP) is 3.95. The number of hydrogen-bond acceptors (Lipinski definition) is 6. The monoisotopic (exact) mass is 630 g/mol. The first-order chi connectivity index (χ1) is 19.7. The number of aromatic hydroxyl groups is 1. The van der Waals surface area contributed by atoms with Crippen LogP contribution in [0.3, 0.4) is 0 Å². The van der Waals surface area contributed by atoms with Crippen molar-refractivity contribution in [2.45, 2.75) is 28.5 Å². The molecule has 0 bridgehead atoms. The van der Waals surface area contributed by atoms with Crippen LogP contribution in [-0.4, -0.2) is 45.6 Å². The highest BCUT2D eigenvalue weighted by molar-refractivity contribution is 6.58. The van der Waals surface area contributed by atoms with Crippen molar-refractivity contribution in [2.75, 3.05) is 12.0 Å². The maximum atomic E-state index is 14.9. The molecule has 6 rings (SSSR count). The number of hydrogen-bond donors (Lipinski definition) is 2. The molecule has 4 amide bonds. The minimum absolute atomic E-state index is 0.00202. The second-order valence-corrected chi connectivity index (χ2v) is 11.7. The van der Waals surface area contributed by atoms with Gasteiger partial charge in [0, 0.05) is 5.92 Å². The van der Waals surface area contributed by atoms with Gasteiger partial charge in [-0.25, -0.2) is 26.9 Å². The average molecular weight is 631 g/mol. The summed E-state index contributed by atoms with van der Waals surface area (Å²) >= 11 is 13.9. The molecule has 2 heterocycles. The Morgan fingerprint density at radius 1 is 0.929 bits per heavy atom. The zero-order valence-corrected chi connectivity index (χ0v) is 22.6. The molecule has 0 radical (unpaired) electrons. The fourth-order valence-electron chi connectivity index (χ4n) is 6.74. The Morgan fingerprint density at radius 3 is 2.14 bits per heavy atom. The van der Waals surface area contributed by atoms with Crippen molar-refractivity contribution in [2.24, 2.45) is 17.8 Å². The molecule has 2 aliphatic heterocycles. The second-order valence-electron chi connectivity index (χ2n) is 10.5. The van der Waals surface area contributed by atoms with E-state index in [1.54, 1.807) is 0 Å². The van der Waals surface area contributed by atoms with Crippen molar-refractivity contribution >= 4 is 52.5 Å². The van der Waals surface area contributed by atoms with Crippen LogP contribution in [0.2, 0.25) is 0 Å². The van der Waals surface area contributed by atoms with Crippen LogP contribution in [0.1, 0.15) is 24.3 Å². The van der Waals surface area contributed by atoms with E-state index in [2.05, 4.69) is 5.32 Å². The van der Waals surface area contributed by atoms with Crippen LogP contribution in [0.25, 0.3) is 0 Å². The Labute approximate surface area is 243 Å². The van der Waals surface area contributed by atoms with E-state index in [1.165, 1.54) is 25.3 Å². The maximum Gasteiger partial charge on any atom is 0.258 e. The van der Waals surface area contributed by atoms with Crippen LogP contribution in [0.5, 0.6) is 11.5 Å². The number of imide groups is 2. The van der Waals surface area contributed by atoms with Crippen molar-refractivity contribution in [3.63, 3.8) is 0 Å². The lowest BCUT2D eigenvalue weighted by Crippen LogP contribution is -2.60. The van der Waals surface area contributed by atoms with E-state index in [9.17, 15) is 46.2 Å². The van der Waals surface area contributed by atoms with Crippen LogP contribution >= 0.6 is 23.2 Å². The van der Waals surface area contributed by atoms with Crippen LogP contribution < -0.4 is 15.0 Å². The number of carbonyl (C=O) groups is 4. The van der Waals surface area contributed by atoms with Crippen LogP contribution in [0.15, 0.2) is 29.8 Å². The first-order valence-corrected chi connectivity index (χ1v) is 13.2. The largest absolute Gasteiger partial charge is 0.504 e. The molecule has 2 N–H and O–H groups in total. The smallest absolute Gasteiger partial charge is 0.258 e. The average Bonchev–Trinajstić information content (AvgIpc) is 3.32. The van der Waals surface area contributed by atoms with Gasteiger partial charge in [-0.05, 0) is 36.5 Å². The highest BCUT2D eigenvalue weighted by Crippen LogP contribution is 2.66. The van der Waals surface area contributed by atoms with Crippen molar-refractivity contribution in [1.29, 1.82) is 0 Å². The third-order valence-corrected chi connectivity index (χ3v) is 10.0. The standard InChI is InChI=1S/C27H17Cl2F5N2O6/c1-42-13-5-2-8(6-12(13)37)15-9-3-4-10-14(23(39)35-22(10)38)11(9)7-26(28)24(40)36(25(41)27(15,26)29)21-19(33)17(31)16(30)18(32)20(21)34/h2-3,5-6,10-11,14-15,37H,4,7H2,1H3,(H,35,38,39)/t10-,11+,14-,15-,26+,27-/m0/s1. The number of alkyl halides is 2. The van der Waals surface area contributed by atoms with Gasteiger partial charge in [0.05, 0.1) is 18.9 Å². The Morgan fingerprint density at radius 2 is 1.55 bits per heavy atom. The zero-order valence-electron chi connectivity index (χ0n) is 21.1. The number of phenols is 1. The first-order valence-electron chi connectivity index (χ1n) is 12.4. The van der Waals surface area contributed by atoms with E-state index >= 15 is 0 Å². The zero-order chi connectivity index (χ0) is 30.6. The van der Waals surface area contributed by atoms with Crippen molar-refractivity contribution in [3.05, 3.63) is 64.5 Å². The third-order valence-electron chi connectivity index (χ3n) is 8.60. The number of rotatable bonds is 3. The molecule has 2 aromatic carbocycles. The number of methoxy groups -OCH3 is 1. The molecule has 0 spiro atoms. The fraction of sp³-hybridized carbons (Fsp3) is 0.333. The quantitative estimate of drug-likeness (QED) is 0.133. The summed E-state index contributed by atoms with van der Waals surface area (Å²) in [5.41, 5.74) is -1.55. The highest BCUT2D eigenvalue weighted by atomic mass is 35.5. The Bertz CT molecular complexity index is 1660. The van der Waals surface area contributed by atoms with Gasteiger partial charge in [-0.1, -0.05) is 17.7 Å². The normalized spacial score (nSPS) is 31.9. The Balaban J connectivity index is 1.62. The minimum atomic E-state index is -2.67. The van der Waals surface area contributed by atoms with Gasteiger partial charge in [-0.2, -0.15) is 0 Å². The van der Waals surface area contributed by atoms with Gasteiger partial charge in [0.15, 0.2) is 44.5 Å². The van der Waals surface area contributed by atoms with E-state index in [4.69, 9.17) is 27.9 Å². The highest BCUT2D eigenvalue weighted by Gasteiger charge is 2.77. The molecule has 0 aromatic heterocycles. The lowest BCUT2D eigenvalue weighted by atomic mass is 9.56. The van der Waals surface area contributed by atoms with Gasteiger partial charge in [0.25, 0.3) is 11.8 Å². The van der Waals surface area contributed by atoms with E-state index in [0.29, 0.717) is 0 Å². The predicted molar refractivity (Wildman–Crippen MR) is 134 cm³/mol. The molecular formula is C27H17Cl2F5N2O6. The molecule has 6 atom stereocenters. The second kappa shape index (κ2) is 9.14. The van der Waals surface area contributed by atoms with Gasteiger partial charge in [-0.3, -0.25) is 24.5 Å². The van der Waals surface area contributed by atoms with Crippen molar-refractivity contribution in [3.8, 4) is 11.5 Å². The molecule has 1 saturated carbocycles. The number of carbonyl (C=O) groups excluding carboxylic acids is 4. The summed E-state index contributed by atoms with van der Waals surface area (Å²) in [4.78, 5) is 47.8. The number of anilines is 1. The molecule has 2 saturated heterocycles. The molecular weight excluding hydrogens is 614 g/mol. The fourth-order valence-corrected chi connectivity index (χ4v) is 7.67. The third kappa shape index (κ3) is 3.34. The SMILES string of the molecule is COc1ccc([C@H]2C3=CC[C@@H]4C(=O)NC(=O)[C@@H]4[C@@H]3C[C@@]3(Cl)C(=O)N(c4c(F)c(F)c(F)c(F)c4F)C(=O)[C@@]23Cl)cc1O. The Kier molecular flexibility index (Phi) is 6.18. The van der Waals surface area contributed by atoms with E-state index in [-0.39, 0.29) is 28.2 Å². The lowest BCUT2D eigenvalue weighted by molar-refractivity contribution is -0.127. The summed E-state index contributed by atoms with van der Waals surface area (Å²) in [6.07, 6.45) is 0.939. The number of fused-ring (bicyclic) bond motifs is 4. The Hall–Kier alpha value is -3.71. The van der Waals surface area contributed by atoms with Gasteiger partial charge < -0.3 is 9.84 Å². The lowest BCUT2D eigenvalue weighted by Gasteiger charge is -2.50. The molecule has 15 heteroatoms. The number of amides is 4. The molecule has 42 heavy (non-hydrogen) atoms. The first kappa shape index (κ1) is 28.4. The summed E-state index contributed by atoms with van der Waals surface area (Å²) in [6.45, 7) is 0. The van der Waals surface area contributed by atoms with E-state index in [0.717, 1.165) is 6.07 Å². The number of nitrogens with zero attached hydrogens (tertiary/aromatic N) is 1. The van der Waals surface area contributed by atoms with Crippen molar-refractivity contribution < 1.29 is 51.0 Å². The van der Waals surface area contributed by atoms with Gasteiger partial charge in [0.2, 0.25) is 17.6 Å². The van der Waals surface area contributed by atoms with Crippen LogP contribution in [0.4, 0.5) is 27.6 Å². The van der Waals surface area contributed by atoms with E-state index in [1.807, 2.05) is 0 Å².